The molecule has 0 aliphatic rings. The van der Waals surface area contributed by atoms with Gasteiger partial charge in [-0.05, 0) is 18.6 Å². The summed E-state index contributed by atoms with van der Waals surface area (Å²) in [5, 5.41) is 9.36. The van der Waals surface area contributed by atoms with Crippen LogP contribution in [0.5, 0.6) is 0 Å². The lowest BCUT2D eigenvalue weighted by molar-refractivity contribution is -0.331. The van der Waals surface area contributed by atoms with Gasteiger partial charge in [-0.15, -0.1) is 0 Å². The summed E-state index contributed by atoms with van der Waals surface area (Å²) < 4.78 is 0. The highest BCUT2D eigenvalue weighted by molar-refractivity contribution is 4.36. The van der Waals surface area contributed by atoms with Gasteiger partial charge in [-0.2, -0.15) is 0 Å². The zero-order chi connectivity index (χ0) is 4.99. The Bertz CT molecular complexity index is 24.7. The summed E-state index contributed by atoms with van der Waals surface area (Å²) in [6.45, 7) is 3.65. The molecule has 0 fully saturated rings. The lowest BCUT2D eigenvalue weighted by Gasteiger charge is -1.95. The first-order chi connectivity index (χ1) is 2.81. The van der Waals surface area contributed by atoms with Crippen LogP contribution in [0.4, 0.5) is 0 Å². The first kappa shape index (κ1) is 5.92. The molecule has 0 bridgehead atoms. The highest BCUT2D eigenvalue weighted by Crippen LogP contribution is 1.90. The van der Waals surface area contributed by atoms with Gasteiger partial charge < -0.3 is 0 Å². The van der Waals surface area contributed by atoms with Crippen molar-refractivity contribution in [2.24, 2.45) is 0 Å². The van der Waals surface area contributed by atoms with E-state index in [1.54, 1.807) is 6.92 Å². The number of rotatable bonds is 2. The molecule has 0 aromatic heterocycles. The molecule has 2 nitrogen and oxygen atoms in total. The predicted molar refractivity (Wildman–Crippen MR) is 21.5 cm³/mol. The number of hydrogen-bond donors (Lipinski definition) is 0. The Hall–Kier alpha value is -0.0800. The molecule has 2 heteroatoms. The minimum atomic E-state index is -0.120. The number of hydrogen-bond acceptors (Lipinski definition) is 1. The maximum atomic E-state index is 9.36. The molecule has 1 unspecified atom stereocenters. The van der Waals surface area contributed by atoms with Crippen LogP contribution in [0.25, 0.3) is 0 Å². The molecule has 0 rings (SSSR count). The van der Waals surface area contributed by atoms with E-state index in [1.807, 2.05) is 6.92 Å². The molecule has 1 atom stereocenters. The van der Waals surface area contributed by atoms with Gasteiger partial charge in [0.15, 0.2) is 0 Å². The SMILES string of the molecule is CCC(C)O[O]. The summed E-state index contributed by atoms with van der Waals surface area (Å²) in [4.78, 5) is 3.65. The summed E-state index contributed by atoms with van der Waals surface area (Å²) in [5.74, 6) is 0. The topological polar surface area (TPSA) is 29.1 Å². The summed E-state index contributed by atoms with van der Waals surface area (Å²) in [5.41, 5.74) is 0. The van der Waals surface area contributed by atoms with Gasteiger partial charge >= 0.3 is 0 Å². The van der Waals surface area contributed by atoms with Gasteiger partial charge in [0.05, 0.1) is 6.10 Å². The Balaban J connectivity index is 2.75. The van der Waals surface area contributed by atoms with Crippen LogP contribution in [-0.2, 0) is 10.1 Å². The zero-order valence-electron chi connectivity index (χ0n) is 4.10. The molecular formula is C4H9O2. The Morgan fingerprint density at radius 1 is 1.83 bits per heavy atom. The largest absolute Gasteiger partial charge is 0.201 e. The monoisotopic (exact) mass is 89.1 g/mol. The third-order valence-corrected chi connectivity index (χ3v) is 0.739. The molecular weight excluding hydrogens is 80.0 g/mol. The molecule has 0 saturated heterocycles. The fourth-order valence-corrected chi connectivity index (χ4v) is 0.0680. The first-order valence-corrected chi connectivity index (χ1v) is 2.10. The smallest absolute Gasteiger partial charge is 0.0931 e. The van der Waals surface area contributed by atoms with Crippen molar-refractivity contribution in [3.8, 4) is 0 Å². The molecule has 0 saturated carbocycles. The highest BCUT2D eigenvalue weighted by atomic mass is 17.1. The predicted octanol–water partition coefficient (Wildman–Crippen LogP) is 1.15. The highest BCUT2D eigenvalue weighted by Gasteiger charge is 1.92. The minimum Gasteiger partial charge on any atom is -0.201 e. The second-order valence-electron chi connectivity index (χ2n) is 1.32. The van der Waals surface area contributed by atoms with E-state index in [4.69, 9.17) is 0 Å². The lowest BCUT2D eigenvalue weighted by Crippen LogP contribution is -1.99. The molecule has 0 aromatic rings. The van der Waals surface area contributed by atoms with Gasteiger partial charge in [-0.25, -0.2) is 4.89 Å². The van der Waals surface area contributed by atoms with E-state index in [0.717, 1.165) is 6.42 Å². The van der Waals surface area contributed by atoms with E-state index in [-0.39, 0.29) is 6.10 Å². The summed E-state index contributed by atoms with van der Waals surface area (Å²) in [7, 11) is 0. The van der Waals surface area contributed by atoms with Crippen LogP contribution in [0.15, 0.2) is 0 Å². The molecule has 6 heavy (non-hydrogen) atoms. The van der Waals surface area contributed by atoms with Gasteiger partial charge in [-0.3, -0.25) is 0 Å². The van der Waals surface area contributed by atoms with E-state index < -0.39 is 0 Å². The molecule has 0 spiro atoms. The molecule has 37 valence electrons. The summed E-state index contributed by atoms with van der Waals surface area (Å²) in [6, 6.07) is 0. The minimum absolute atomic E-state index is 0.120. The van der Waals surface area contributed by atoms with E-state index in [0.29, 0.717) is 0 Å². The van der Waals surface area contributed by atoms with Crippen LogP contribution in [0.1, 0.15) is 20.3 Å². The van der Waals surface area contributed by atoms with Crippen molar-refractivity contribution < 1.29 is 10.1 Å². The molecule has 0 heterocycles. The van der Waals surface area contributed by atoms with Gasteiger partial charge in [0, 0.05) is 0 Å². The van der Waals surface area contributed by atoms with Crippen molar-refractivity contribution in [3.63, 3.8) is 0 Å². The third kappa shape index (κ3) is 2.18. The molecule has 0 aliphatic carbocycles. The third-order valence-electron chi connectivity index (χ3n) is 0.739. The quantitative estimate of drug-likeness (QED) is 0.368. The van der Waals surface area contributed by atoms with Crippen molar-refractivity contribution >= 4 is 0 Å². The van der Waals surface area contributed by atoms with E-state index in [9.17, 15) is 5.26 Å². The Labute approximate surface area is 37.7 Å². The summed E-state index contributed by atoms with van der Waals surface area (Å²) >= 11 is 0. The van der Waals surface area contributed by atoms with E-state index in [1.165, 1.54) is 0 Å². The molecule has 0 aliphatic heterocycles. The van der Waals surface area contributed by atoms with Crippen LogP contribution < -0.4 is 0 Å². The molecule has 0 amide bonds. The summed E-state index contributed by atoms with van der Waals surface area (Å²) in [6.07, 6.45) is 0.675. The second kappa shape index (κ2) is 3.12. The van der Waals surface area contributed by atoms with Gasteiger partial charge in [-0.1, -0.05) is 6.92 Å². The fourth-order valence-electron chi connectivity index (χ4n) is 0.0680. The average Bonchev–Trinajstić information content (AvgIpc) is 1.65. The molecule has 1 radical (unpaired) electrons. The fraction of sp³-hybridized carbons (Fsp3) is 1.00. The normalized spacial score (nSPS) is 14.5. The molecule has 0 N–H and O–H groups in total. The zero-order valence-corrected chi connectivity index (χ0v) is 4.10. The molecule has 0 aromatic carbocycles. The second-order valence-corrected chi connectivity index (χ2v) is 1.32. The van der Waals surface area contributed by atoms with Crippen molar-refractivity contribution in [2.45, 2.75) is 26.4 Å². The lowest BCUT2D eigenvalue weighted by atomic mass is 10.3. The van der Waals surface area contributed by atoms with E-state index in [2.05, 4.69) is 4.89 Å². The van der Waals surface area contributed by atoms with Crippen molar-refractivity contribution in [1.82, 2.24) is 0 Å². The van der Waals surface area contributed by atoms with Gasteiger partial charge in [0.2, 0.25) is 0 Å². The van der Waals surface area contributed by atoms with Crippen LogP contribution >= 0.6 is 0 Å². The van der Waals surface area contributed by atoms with Crippen LogP contribution in [-0.4, -0.2) is 6.10 Å². The van der Waals surface area contributed by atoms with Crippen molar-refractivity contribution in [2.75, 3.05) is 0 Å². The van der Waals surface area contributed by atoms with Gasteiger partial charge in [0.25, 0.3) is 0 Å². The van der Waals surface area contributed by atoms with Crippen LogP contribution in [0.2, 0.25) is 0 Å². The van der Waals surface area contributed by atoms with Crippen LogP contribution in [0.3, 0.4) is 0 Å². The standard InChI is InChI=1S/C4H9O2/c1-3-4(2)6-5/h4H,3H2,1-2H3. The Morgan fingerprint density at radius 2 is 2.33 bits per heavy atom. The maximum absolute atomic E-state index is 9.36. The van der Waals surface area contributed by atoms with Crippen molar-refractivity contribution in [3.05, 3.63) is 0 Å². The van der Waals surface area contributed by atoms with Crippen molar-refractivity contribution in [1.29, 1.82) is 0 Å². The Morgan fingerprint density at radius 3 is 2.33 bits per heavy atom. The van der Waals surface area contributed by atoms with E-state index >= 15 is 0 Å². The van der Waals surface area contributed by atoms with Gasteiger partial charge in [0.1, 0.15) is 0 Å². The Kier molecular flexibility index (Phi) is 3.08. The first-order valence-electron chi connectivity index (χ1n) is 2.10. The average molecular weight is 89.1 g/mol. The maximum Gasteiger partial charge on any atom is 0.0931 e. The van der Waals surface area contributed by atoms with Crippen LogP contribution in [0, 0.1) is 0 Å².